The van der Waals surface area contributed by atoms with E-state index in [9.17, 15) is 13.2 Å². The minimum Gasteiger partial charge on any atom is -0.343 e. The fraction of sp³-hybridized carbons (Fsp3) is 0.545. The van der Waals surface area contributed by atoms with Crippen molar-refractivity contribution in [2.45, 2.75) is 24.3 Å². The normalized spacial score (nSPS) is 19.6. The van der Waals surface area contributed by atoms with E-state index in [1.54, 1.807) is 20.9 Å². The Labute approximate surface area is 123 Å². The quantitative estimate of drug-likeness (QED) is 0.542. The molecule has 1 aromatic rings. The monoisotopic (exact) mass is 314 g/mol. The molecule has 1 aliphatic rings. The number of nitrogens with two attached hydrogens (primary N) is 1. The second kappa shape index (κ2) is 5.20. The van der Waals surface area contributed by atoms with E-state index in [0.717, 1.165) is 12.4 Å². The van der Waals surface area contributed by atoms with Gasteiger partial charge in [-0.2, -0.15) is 4.31 Å². The Kier molecular flexibility index (Phi) is 3.87. The van der Waals surface area contributed by atoms with Crippen molar-refractivity contribution < 1.29 is 13.2 Å². The predicted octanol–water partition coefficient (Wildman–Crippen LogP) is -0.996. The van der Waals surface area contributed by atoms with E-state index in [4.69, 9.17) is 5.84 Å². The van der Waals surface area contributed by atoms with E-state index in [0.29, 0.717) is 6.54 Å². The van der Waals surface area contributed by atoms with Crippen LogP contribution in [0.2, 0.25) is 0 Å². The van der Waals surface area contributed by atoms with Gasteiger partial charge < -0.3 is 4.90 Å². The van der Waals surface area contributed by atoms with Gasteiger partial charge in [0.2, 0.25) is 21.9 Å². The first-order chi connectivity index (χ1) is 9.71. The molecule has 1 aliphatic heterocycles. The summed E-state index contributed by atoms with van der Waals surface area (Å²) in [5.41, 5.74) is 1.07. The van der Waals surface area contributed by atoms with Crippen LogP contribution in [-0.2, 0) is 14.8 Å². The van der Waals surface area contributed by atoms with Gasteiger partial charge in [0.15, 0.2) is 0 Å². The molecule has 0 bridgehead atoms. The van der Waals surface area contributed by atoms with Gasteiger partial charge in [0.25, 0.3) is 0 Å². The number of sulfonamides is 1. The zero-order chi connectivity index (χ0) is 15.8. The lowest BCUT2D eigenvalue weighted by Gasteiger charge is -2.43. The molecule has 1 fully saturated rings. The Morgan fingerprint density at radius 2 is 1.86 bits per heavy atom. The summed E-state index contributed by atoms with van der Waals surface area (Å²) in [5.74, 6) is 5.01. The van der Waals surface area contributed by atoms with Gasteiger partial charge in [0, 0.05) is 20.1 Å². The maximum atomic E-state index is 12.7. The molecule has 0 aliphatic carbocycles. The van der Waals surface area contributed by atoms with Gasteiger partial charge in [0.05, 0.1) is 12.4 Å². The maximum Gasteiger partial charge on any atom is 0.247 e. The topological polar surface area (TPSA) is 122 Å². The van der Waals surface area contributed by atoms with Crippen molar-refractivity contribution in [2.75, 3.05) is 25.6 Å². The molecular formula is C11H18N6O3S. The van der Waals surface area contributed by atoms with E-state index in [-0.39, 0.29) is 23.3 Å². The lowest BCUT2D eigenvalue weighted by molar-refractivity contribution is -0.142. The number of nitrogens with zero attached hydrogens (tertiary/aromatic N) is 4. The molecule has 0 spiro atoms. The molecule has 0 aromatic carbocycles. The van der Waals surface area contributed by atoms with Crippen LogP contribution in [0.1, 0.15) is 13.8 Å². The van der Waals surface area contributed by atoms with Crippen LogP contribution in [0, 0.1) is 0 Å². The summed E-state index contributed by atoms with van der Waals surface area (Å²) in [4.78, 5) is 21.2. The van der Waals surface area contributed by atoms with Crippen LogP contribution in [0.4, 0.5) is 5.95 Å². The minimum atomic E-state index is -3.86. The first-order valence-electron chi connectivity index (χ1n) is 6.28. The summed E-state index contributed by atoms with van der Waals surface area (Å²) in [7, 11) is -2.21. The molecule has 0 unspecified atom stereocenters. The van der Waals surface area contributed by atoms with E-state index >= 15 is 0 Å². The van der Waals surface area contributed by atoms with Crippen molar-refractivity contribution in [3.05, 3.63) is 12.4 Å². The fourth-order valence-corrected chi connectivity index (χ4v) is 3.89. The lowest BCUT2D eigenvalue weighted by atomic mass is 10.0. The number of amides is 1. The SMILES string of the molecule is CN1CCN(S(=O)(=O)c2cnc(NN)nc2)C(C)(C)C1=O. The molecule has 2 heterocycles. The second-order valence-electron chi connectivity index (χ2n) is 5.25. The second-order valence-corrected chi connectivity index (χ2v) is 7.11. The van der Waals surface area contributed by atoms with Gasteiger partial charge in [-0.05, 0) is 13.8 Å². The number of piperazine rings is 1. The first kappa shape index (κ1) is 15.6. The average Bonchev–Trinajstić information content (AvgIpc) is 2.44. The van der Waals surface area contributed by atoms with E-state index in [2.05, 4.69) is 15.4 Å². The number of nitrogens with one attached hydrogen (secondary N) is 1. The summed E-state index contributed by atoms with van der Waals surface area (Å²) in [6.45, 7) is 3.72. The molecule has 0 saturated carbocycles. The van der Waals surface area contributed by atoms with Gasteiger partial charge >= 0.3 is 0 Å². The van der Waals surface area contributed by atoms with E-state index in [1.165, 1.54) is 9.21 Å². The Balaban J connectivity index is 2.40. The van der Waals surface area contributed by atoms with Gasteiger partial charge in [0.1, 0.15) is 10.4 Å². The number of carbonyl (C=O) groups excluding carboxylic acids is 1. The molecule has 1 aromatic heterocycles. The Hall–Kier alpha value is -1.78. The number of rotatable bonds is 3. The average molecular weight is 314 g/mol. The summed E-state index contributed by atoms with van der Waals surface area (Å²) >= 11 is 0. The van der Waals surface area contributed by atoms with Gasteiger partial charge in [-0.15, -0.1) is 0 Å². The number of anilines is 1. The van der Waals surface area contributed by atoms with Crippen molar-refractivity contribution in [3.8, 4) is 0 Å². The van der Waals surface area contributed by atoms with E-state index in [1.807, 2.05) is 0 Å². The highest BCUT2D eigenvalue weighted by Gasteiger charge is 2.47. The predicted molar refractivity (Wildman–Crippen MR) is 75.4 cm³/mol. The highest BCUT2D eigenvalue weighted by Crippen LogP contribution is 2.28. The van der Waals surface area contributed by atoms with E-state index < -0.39 is 15.6 Å². The molecule has 9 nitrogen and oxygen atoms in total. The third-order valence-electron chi connectivity index (χ3n) is 3.48. The van der Waals surface area contributed by atoms with Crippen molar-refractivity contribution in [1.29, 1.82) is 0 Å². The molecule has 0 radical (unpaired) electrons. The van der Waals surface area contributed by atoms with Crippen LogP contribution >= 0.6 is 0 Å². The zero-order valence-electron chi connectivity index (χ0n) is 12.1. The Morgan fingerprint density at radius 3 is 2.38 bits per heavy atom. The molecule has 2 rings (SSSR count). The van der Waals surface area contributed by atoms with Crippen molar-refractivity contribution in [2.24, 2.45) is 5.84 Å². The lowest BCUT2D eigenvalue weighted by Crippen LogP contribution is -2.63. The minimum absolute atomic E-state index is 0.0769. The molecular weight excluding hydrogens is 296 g/mol. The molecule has 0 atom stereocenters. The molecule has 1 amide bonds. The molecule has 3 N–H and O–H groups in total. The van der Waals surface area contributed by atoms with Crippen LogP contribution in [-0.4, -0.2) is 59.2 Å². The summed E-state index contributed by atoms with van der Waals surface area (Å²) in [6.07, 6.45) is 2.33. The first-order valence-corrected chi connectivity index (χ1v) is 7.72. The van der Waals surface area contributed by atoms with Gasteiger partial charge in [-0.3, -0.25) is 10.2 Å². The summed E-state index contributed by atoms with van der Waals surface area (Å²) < 4.78 is 26.5. The van der Waals surface area contributed by atoms with Crippen LogP contribution in [0.3, 0.4) is 0 Å². The highest BCUT2D eigenvalue weighted by molar-refractivity contribution is 7.89. The van der Waals surface area contributed by atoms with Gasteiger partial charge in [-0.1, -0.05) is 0 Å². The standard InChI is InChI=1S/C11H18N6O3S/c1-11(2)9(18)16(3)4-5-17(11)21(19,20)8-6-13-10(15-12)14-7-8/h6-7H,4-5,12H2,1-3H3,(H,13,14,15). The highest BCUT2D eigenvalue weighted by atomic mass is 32.2. The van der Waals surface area contributed by atoms with Crippen LogP contribution in [0.5, 0.6) is 0 Å². The fourth-order valence-electron chi connectivity index (χ4n) is 2.27. The van der Waals surface area contributed by atoms with Gasteiger partial charge in [-0.25, -0.2) is 24.2 Å². The number of aromatic nitrogens is 2. The molecule has 116 valence electrons. The number of nitrogen functional groups attached to an aromatic ring is 1. The molecule has 1 saturated heterocycles. The van der Waals surface area contributed by atoms with Crippen LogP contribution < -0.4 is 11.3 Å². The third kappa shape index (κ3) is 2.57. The number of carbonyl (C=O) groups is 1. The van der Waals surface area contributed by atoms with Crippen molar-refractivity contribution in [1.82, 2.24) is 19.2 Å². The molecule has 10 heteroatoms. The Morgan fingerprint density at radius 1 is 1.29 bits per heavy atom. The number of hydrogen-bond acceptors (Lipinski definition) is 7. The number of likely N-dealkylation sites (N-methyl/N-ethyl adjacent to an activating group) is 1. The van der Waals surface area contributed by atoms with Crippen LogP contribution in [0.15, 0.2) is 17.3 Å². The third-order valence-corrected chi connectivity index (χ3v) is 5.50. The zero-order valence-corrected chi connectivity index (χ0v) is 12.9. The van der Waals surface area contributed by atoms with Crippen molar-refractivity contribution >= 4 is 21.9 Å². The number of hydrazine groups is 1. The van der Waals surface area contributed by atoms with Crippen molar-refractivity contribution in [3.63, 3.8) is 0 Å². The smallest absolute Gasteiger partial charge is 0.247 e. The Bertz CT molecular complexity index is 642. The van der Waals surface area contributed by atoms with Crippen LogP contribution in [0.25, 0.3) is 0 Å². The summed E-state index contributed by atoms with van der Waals surface area (Å²) in [6, 6.07) is 0. The maximum absolute atomic E-state index is 12.7. The molecule has 21 heavy (non-hydrogen) atoms. The largest absolute Gasteiger partial charge is 0.343 e. The number of hydrogen-bond donors (Lipinski definition) is 2. The summed E-state index contributed by atoms with van der Waals surface area (Å²) in [5, 5.41) is 0.